The molecule has 0 aliphatic heterocycles. The third kappa shape index (κ3) is 1.65. The topological polar surface area (TPSA) is 64.9 Å². The lowest BCUT2D eigenvalue weighted by Crippen LogP contribution is -2.39. The van der Waals surface area contributed by atoms with E-state index >= 15 is 0 Å². The van der Waals surface area contributed by atoms with Gasteiger partial charge in [0.2, 0.25) is 6.39 Å². The highest BCUT2D eigenvalue weighted by atomic mass is 16.5. The zero-order chi connectivity index (χ0) is 11.7. The Balaban J connectivity index is 2.17. The number of benzene rings is 1. The summed E-state index contributed by atoms with van der Waals surface area (Å²) in [6.45, 7) is 0. The summed E-state index contributed by atoms with van der Waals surface area (Å²) < 4.78 is 4.85. The van der Waals surface area contributed by atoms with E-state index in [0.717, 1.165) is 31.2 Å². The van der Waals surface area contributed by atoms with E-state index in [9.17, 15) is 0 Å². The maximum Gasteiger partial charge on any atom is 0.213 e. The van der Waals surface area contributed by atoms with Crippen LogP contribution < -0.4 is 5.73 Å². The van der Waals surface area contributed by atoms with Crippen molar-refractivity contribution in [1.82, 2.24) is 10.1 Å². The van der Waals surface area contributed by atoms with Gasteiger partial charge in [-0.25, -0.2) is 0 Å². The summed E-state index contributed by atoms with van der Waals surface area (Å²) in [6, 6.07) is 8.30. The SMILES string of the molecule is NC1(c2ncon2)CCCCc2ccccc21. The molecule has 0 radical (unpaired) electrons. The largest absolute Gasteiger partial charge is 0.343 e. The molecule has 4 heteroatoms. The van der Waals surface area contributed by atoms with Crippen molar-refractivity contribution < 1.29 is 4.52 Å². The highest BCUT2D eigenvalue weighted by Gasteiger charge is 2.36. The monoisotopic (exact) mass is 229 g/mol. The number of nitrogens with two attached hydrogens (primary N) is 1. The minimum Gasteiger partial charge on any atom is -0.343 e. The van der Waals surface area contributed by atoms with Crippen molar-refractivity contribution in [2.75, 3.05) is 0 Å². The highest BCUT2D eigenvalue weighted by Crippen LogP contribution is 2.35. The molecule has 3 rings (SSSR count). The molecule has 2 aromatic rings. The van der Waals surface area contributed by atoms with Gasteiger partial charge in [0.25, 0.3) is 0 Å². The molecule has 1 unspecified atom stereocenters. The lowest BCUT2D eigenvalue weighted by molar-refractivity contribution is 0.377. The van der Waals surface area contributed by atoms with Gasteiger partial charge >= 0.3 is 0 Å². The van der Waals surface area contributed by atoms with Crippen LogP contribution in [0, 0.1) is 0 Å². The third-order valence-electron chi connectivity index (χ3n) is 3.53. The molecular formula is C13H15N3O. The van der Waals surface area contributed by atoms with Gasteiger partial charge in [-0.1, -0.05) is 35.8 Å². The van der Waals surface area contributed by atoms with Crippen LogP contribution in [0.4, 0.5) is 0 Å². The van der Waals surface area contributed by atoms with Crippen molar-refractivity contribution in [3.63, 3.8) is 0 Å². The van der Waals surface area contributed by atoms with Gasteiger partial charge in [0.15, 0.2) is 5.82 Å². The predicted molar refractivity (Wildman–Crippen MR) is 63.3 cm³/mol. The van der Waals surface area contributed by atoms with E-state index in [2.05, 4.69) is 28.3 Å². The molecule has 4 nitrogen and oxygen atoms in total. The van der Waals surface area contributed by atoms with E-state index in [-0.39, 0.29) is 0 Å². The molecule has 2 N–H and O–H groups in total. The Kier molecular flexibility index (Phi) is 2.44. The Bertz CT molecular complexity index is 509. The average Bonchev–Trinajstić information content (AvgIpc) is 2.84. The van der Waals surface area contributed by atoms with Gasteiger partial charge in [0.1, 0.15) is 5.54 Å². The lowest BCUT2D eigenvalue weighted by atomic mass is 9.85. The number of aryl methyl sites for hydroxylation is 1. The average molecular weight is 229 g/mol. The van der Waals surface area contributed by atoms with Gasteiger partial charge in [-0.15, -0.1) is 0 Å². The first-order chi connectivity index (χ1) is 8.31. The highest BCUT2D eigenvalue weighted by molar-refractivity contribution is 5.39. The van der Waals surface area contributed by atoms with Gasteiger partial charge in [-0.05, 0) is 30.4 Å². The van der Waals surface area contributed by atoms with Gasteiger partial charge < -0.3 is 10.3 Å². The molecule has 0 amide bonds. The Morgan fingerprint density at radius 2 is 2.12 bits per heavy atom. The Morgan fingerprint density at radius 1 is 1.24 bits per heavy atom. The van der Waals surface area contributed by atoms with Crippen LogP contribution in [0.2, 0.25) is 0 Å². The third-order valence-corrected chi connectivity index (χ3v) is 3.53. The van der Waals surface area contributed by atoms with Gasteiger partial charge in [0.05, 0.1) is 0 Å². The molecule has 0 saturated carbocycles. The molecule has 88 valence electrons. The molecule has 1 aliphatic carbocycles. The summed E-state index contributed by atoms with van der Waals surface area (Å²) in [6.07, 6.45) is 5.53. The van der Waals surface area contributed by atoms with Gasteiger partial charge in [-0.2, -0.15) is 4.98 Å². The van der Waals surface area contributed by atoms with Crippen molar-refractivity contribution in [3.05, 3.63) is 47.6 Å². The first-order valence-electron chi connectivity index (χ1n) is 5.95. The van der Waals surface area contributed by atoms with E-state index in [1.807, 2.05) is 6.07 Å². The minimum absolute atomic E-state index is 0.590. The number of rotatable bonds is 1. The molecule has 17 heavy (non-hydrogen) atoms. The van der Waals surface area contributed by atoms with Crippen LogP contribution in [-0.4, -0.2) is 10.1 Å². The zero-order valence-electron chi connectivity index (χ0n) is 9.60. The second kappa shape index (κ2) is 3.96. The van der Waals surface area contributed by atoms with Crippen molar-refractivity contribution >= 4 is 0 Å². The smallest absolute Gasteiger partial charge is 0.213 e. The Morgan fingerprint density at radius 3 is 2.94 bits per heavy atom. The maximum atomic E-state index is 6.55. The quantitative estimate of drug-likeness (QED) is 0.759. The molecule has 1 aliphatic rings. The minimum atomic E-state index is -0.597. The fraction of sp³-hybridized carbons (Fsp3) is 0.385. The first-order valence-corrected chi connectivity index (χ1v) is 5.95. The van der Waals surface area contributed by atoms with Crippen LogP contribution >= 0.6 is 0 Å². The molecule has 1 aromatic heterocycles. The predicted octanol–water partition coefficient (Wildman–Crippen LogP) is 2.00. The molecule has 0 saturated heterocycles. The standard InChI is InChI=1S/C13H15N3O/c14-13(12-15-9-17-16-12)8-4-3-6-10-5-1-2-7-11(10)13/h1-2,5,7,9H,3-4,6,8,14H2. The van der Waals surface area contributed by atoms with E-state index < -0.39 is 5.54 Å². The fourth-order valence-electron chi connectivity index (χ4n) is 2.63. The van der Waals surface area contributed by atoms with E-state index in [1.54, 1.807) is 0 Å². The lowest BCUT2D eigenvalue weighted by Gasteiger charge is -2.26. The van der Waals surface area contributed by atoms with Crippen LogP contribution in [0.5, 0.6) is 0 Å². The first kappa shape index (κ1) is 10.5. The summed E-state index contributed by atoms with van der Waals surface area (Å²) in [4.78, 5) is 4.15. The van der Waals surface area contributed by atoms with Crippen LogP contribution in [-0.2, 0) is 12.0 Å². The van der Waals surface area contributed by atoms with Gasteiger partial charge in [0, 0.05) is 0 Å². The molecule has 0 bridgehead atoms. The molecule has 1 aromatic carbocycles. The second-order valence-corrected chi connectivity index (χ2v) is 4.59. The summed E-state index contributed by atoms with van der Waals surface area (Å²) in [5.74, 6) is 0.590. The van der Waals surface area contributed by atoms with E-state index in [0.29, 0.717) is 5.82 Å². The molecule has 0 spiro atoms. The fourth-order valence-corrected chi connectivity index (χ4v) is 2.63. The van der Waals surface area contributed by atoms with E-state index in [1.165, 1.54) is 12.0 Å². The number of fused-ring (bicyclic) bond motifs is 1. The van der Waals surface area contributed by atoms with Crippen molar-refractivity contribution in [1.29, 1.82) is 0 Å². The van der Waals surface area contributed by atoms with Crippen LogP contribution in [0.25, 0.3) is 0 Å². The number of aromatic nitrogens is 2. The summed E-state index contributed by atoms with van der Waals surface area (Å²) in [5, 5.41) is 3.94. The molecule has 1 heterocycles. The maximum absolute atomic E-state index is 6.55. The van der Waals surface area contributed by atoms with Crippen molar-refractivity contribution in [2.45, 2.75) is 31.2 Å². The van der Waals surface area contributed by atoms with Crippen molar-refractivity contribution in [3.8, 4) is 0 Å². The Labute approximate surface area is 99.8 Å². The summed E-state index contributed by atoms with van der Waals surface area (Å²) in [5.41, 5.74) is 8.40. The molecule has 1 atom stereocenters. The summed E-state index contributed by atoms with van der Waals surface area (Å²) >= 11 is 0. The normalized spacial score (nSPS) is 24.1. The van der Waals surface area contributed by atoms with E-state index in [4.69, 9.17) is 10.3 Å². The van der Waals surface area contributed by atoms with Gasteiger partial charge in [-0.3, -0.25) is 0 Å². The van der Waals surface area contributed by atoms with Crippen LogP contribution in [0.15, 0.2) is 35.2 Å². The second-order valence-electron chi connectivity index (χ2n) is 4.59. The Hall–Kier alpha value is -1.68. The van der Waals surface area contributed by atoms with Crippen LogP contribution in [0.1, 0.15) is 36.2 Å². The molecule has 0 fully saturated rings. The molecular weight excluding hydrogens is 214 g/mol. The zero-order valence-corrected chi connectivity index (χ0v) is 9.60. The van der Waals surface area contributed by atoms with Crippen LogP contribution in [0.3, 0.4) is 0 Å². The number of hydrogen-bond acceptors (Lipinski definition) is 4. The van der Waals surface area contributed by atoms with Crippen molar-refractivity contribution in [2.24, 2.45) is 5.73 Å². The number of hydrogen-bond donors (Lipinski definition) is 1. The summed E-state index contributed by atoms with van der Waals surface area (Å²) in [7, 11) is 0. The number of nitrogens with zero attached hydrogens (tertiary/aromatic N) is 2.